The second-order valence-electron chi connectivity index (χ2n) is 6.98. The zero-order valence-electron chi connectivity index (χ0n) is 15.1. The van der Waals surface area contributed by atoms with Crippen LogP contribution in [0.4, 0.5) is 11.4 Å². The van der Waals surface area contributed by atoms with E-state index < -0.39 is 4.92 Å². The van der Waals surface area contributed by atoms with Crippen molar-refractivity contribution in [2.75, 3.05) is 0 Å². The predicted molar refractivity (Wildman–Crippen MR) is 107 cm³/mol. The molecule has 0 heterocycles. The third-order valence-corrected chi connectivity index (χ3v) is 5.22. The highest BCUT2D eigenvalue weighted by molar-refractivity contribution is 5.79. The Morgan fingerprint density at radius 3 is 1.96 bits per heavy atom. The lowest BCUT2D eigenvalue weighted by Crippen LogP contribution is -2.05. The molecule has 0 saturated carbocycles. The van der Waals surface area contributed by atoms with Crippen molar-refractivity contribution >= 4 is 11.4 Å². The summed E-state index contributed by atoms with van der Waals surface area (Å²) in [4.78, 5) is 21.6. The lowest BCUT2D eigenvalue weighted by Gasteiger charge is -2.21. The summed E-state index contributed by atoms with van der Waals surface area (Å²) in [5.41, 5.74) is 6.00. The molecule has 3 aromatic rings. The first-order valence-electron chi connectivity index (χ1n) is 9.18. The average molecular weight is 374 g/mol. The van der Waals surface area contributed by atoms with Crippen LogP contribution in [0.1, 0.15) is 24.0 Å². The average Bonchev–Trinajstić information content (AvgIpc) is 2.73. The lowest BCUT2D eigenvalue weighted by molar-refractivity contribution is -0.385. The predicted octanol–water partition coefficient (Wildman–Crippen LogP) is 5.72. The molecule has 0 radical (unpaired) electrons. The number of hydrogen-bond donors (Lipinski definition) is 0. The quantitative estimate of drug-likeness (QED) is 0.432. The van der Waals surface area contributed by atoms with Crippen LogP contribution in [-0.2, 0) is 12.8 Å². The number of nitrogens with zero attached hydrogens (tertiary/aromatic N) is 2. The summed E-state index contributed by atoms with van der Waals surface area (Å²) >= 11 is 0. The zero-order chi connectivity index (χ0) is 19.7. The molecular formula is C22H18N2O4. The summed E-state index contributed by atoms with van der Waals surface area (Å²) in [5.74, 6) is 0. The third kappa shape index (κ3) is 3.36. The maximum absolute atomic E-state index is 11.2. The summed E-state index contributed by atoms with van der Waals surface area (Å²) in [5, 5.41) is 22.4. The molecule has 28 heavy (non-hydrogen) atoms. The number of rotatable bonds is 4. The molecule has 0 aromatic heterocycles. The summed E-state index contributed by atoms with van der Waals surface area (Å²) in [6.07, 6.45) is 4.06. The Hall–Kier alpha value is -3.54. The molecule has 1 aliphatic carbocycles. The van der Waals surface area contributed by atoms with E-state index in [1.54, 1.807) is 24.3 Å². The fourth-order valence-electron chi connectivity index (χ4n) is 3.88. The highest BCUT2D eigenvalue weighted by atomic mass is 16.6. The molecule has 0 bridgehead atoms. The van der Waals surface area contributed by atoms with Gasteiger partial charge in [-0.3, -0.25) is 20.2 Å². The first kappa shape index (κ1) is 17.9. The molecule has 0 unspecified atom stereocenters. The summed E-state index contributed by atoms with van der Waals surface area (Å²) < 4.78 is 0. The van der Waals surface area contributed by atoms with Crippen LogP contribution in [0.15, 0.2) is 60.7 Å². The van der Waals surface area contributed by atoms with Crippen LogP contribution in [0.25, 0.3) is 22.3 Å². The number of hydrogen-bond acceptors (Lipinski definition) is 4. The van der Waals surface area contributed by atoms with E-state index in [1.165, 1.54) is 23.3 Å². The van der Waals surface area contributed by atoms with Crippen LogP contribution >= 0.6 is 0 Å². The monoisotopic (exact) mass is 374 g/mol. The molecule has 0 spiro atoms. The standard InChI is InChI=1S/C22H18N2O4/c25-23(26)19-8-3-6-15(12-19)18-11-16-5-1-2-10-21(16)22(14-18)17-7-4-9-20(13-17)24(27)28/h3-4,6-9,11-14H,1-2,5,10H2. The van der Waals surface area contributed by atoms with Crippen LogP contribution < -0.4 is 0 Å². The van der Waals surface area contributed by atoms with Gasteiger partial charge in [-0.1, -0.05) is 30.3 Å². The van der Waals surface area contributed by atoms with Crippen molar-refractivity contribution in [2.45, 2.75) is 25.7 Å². The fraction of sp³-hybridized carbons (Fsp3) is 0.182. The highest BCUT2D eigenvalue weighted by Crippen LogP contribution is 2.37. The summed E-state index contributed by atoms with van der Waals surface area (Å²) in [6.45, 7) is 0. The van der Waals surface area contributed by atoms with Gasteiger partial charge < -0.3 is 0 Å². The van der Waals surface area contributed by atoms with E-state index in [4.69, 9.17) is 0 Å². The molecule has 0 fully saturated rings. The minimum atomic E-state index is -0.399. The number of non-ortho nitro benzene ring substituents is 2. The number of aryl methyl sites for hydroxylation is 1. The number of nitro benzene ring substituents is 2. The second kappa shape index (κ2) is 7.23. The van der Waals surface area contributed by atoms with Crippen LogP contribution in [0, 0.1) is 20.2 Å². The minimum absolute atomic E-state index is 0.0483. The fourth-order valence-corrected chi connectivity index (χ4v) is 3.88. The maximum atomic E-state index is 11.2. The SMILES string of the molecule is O=[N+]([O-])c1cccc(-c2cc3c(c(-c4cccc([N+](=O)[O-])c4)c2)CCCC3)c1. The molecule has 0 N–H and O–H groups in total. The van der Waals surface area contributed by atoms with Crippen molar-refractivity contribution in [3.8, 4) is 22.3 Å². The molecule has 6 heteroatoms. The van der Waals surface area contributed by atoms with Crippen molar-refractivity contribution in [1.29, 1.82) is 0 Å². The van der Waals surface area contributed by atoms with Gasteiger partial charge in [0.1, 0.15) is 0 Å². The molecule has 0 amide bonds. The topological polar surface area (TPSA) is 86.3 Å². The Labute approximate surface area is 161 Å². The van der Waals surface area contributed by atoms with Crippen molar-refractivity contribution in [3.63, 3.8) is 0 Å². The normalized spacial score (nSPS) is 13.0. The number of nitro groups is 2. The molecule has 0 saturated heterocycles. The lowest BCUT2D eigenvalue weighted by atomic mass is 9.83. The minimum Gasteiger partial charge on any atom is -0.258 e. The van der Waals surface area contributed by atoms with Crippen LogP contribution in [0.5, 0.6) is 0 Å². The molecule has 0 aliphatic heterocycles. The van der Waals surface area contributed by atoms with Gasteiger partial charge in [-0.25, -0.2) is 0 Å². The Balaban J connectivity index is 1.90. The van der Waals surface area contributed by atoms with Crippen molar-refractivity contribution in [3.05, 3.63) is 92.0 Å². The van der Waals surface area contributed by atoms with Crippen molar-refractivity contribution in [1.82, 2.24) is 0 Å². The summed E-state index contributed by atoms with van der Waals surface area (Å²) in [6, 6.07) is 17.4. The molecule has 140 valence electrons. The first-order valence-corrected chi connectivity index (χ1v) is 9.18. The Kier molecular flexibility index (Phi) is 4.61. The summed E-state index contributed by atoms with van der Waals surface area (Å²) in [7, 11) is 0. The van der Waals surface area contributed by atoms with Gasteiger partial charge in [-0.05, 0) is 65.1 Å². The third-order valence-electron chi connectivity index (χ3n) is 5.22. The van der Waals surface area contributed by atoms with E-state index in [2.05, 4.69) is 6.07 Å². The van der Waals surface area contributed by atoms with Gasteiger partial charge in [0.25, 0.3) is 11.4 Å². The smallest absolute Gasteiger partial charge is 0.258 e. The van der Waals surface area contributed by atoms with Gasteiger partial charge >= 0.3 is 0 Å². The maximum Gasteiger partial charge on any atom is 0.270 e. The largest absolute Gasteiger partial charge is 0.270 e. The van der Waals surface area contributed by atoms with Gasteiger partial charge in [0.2, 0.25) is 0 Å². The van der Waals surface area contributed by atoms with Crippen molar-refractivity contribution in [2.24, 2.45) is 0 Å². The molecule has 4 rings (SSSR count). The van der Waals surface area contributed by atoms with Gasteiger partial charge in [-0.2, -0.15) is 0 Å². The van der Waals surface area contributed by atoms with E-state index in [0.29, 0.717) is 0 Å². The van der Waals surface area contributed by atoms with Crippen LogP contribution in [0.2, 0.25) is 0 Å². The second-order valence-corrected chi connectivity index (χ2v) is 6.98. The molecule has 0 atom stereocenters. The zero-order valence-corrected chi connectivity index (χ0v) is 15.1. The Morgan fingerprint density at radius 2 is 1.29 bits per heavy atom. The van der Waals surface area contributed by atoms with Gasteiger partial charge in [0.05, 0.1) is 9.85 Å². The molecular weight excluding hydrogens is 356 g/mol. The van der Waals surface area contributed by atoms with E-state index in [-0.39, 0.29) is 16.3 Å². The Morgan fingerprint density at radius 1 is 0.679 bits per heavy atom. The molecule has 3 aromatic carbocycles. The van der Waals surface area contributed by atoms with Gasteiger partial charge in [-0.15, -0.1) is 0 Å². The van der Waals surface area contributed by atoms with E-state index in [1.807, 2.05) is 18.2 Å². The highest BCUT2D eigenvalue weighted by Gasteiger charge is 2.19. The van der Waals surface area contributed by atoms with Crippen LogP contribution in [-0.4, -0.2) is 9.85 Å². The number of fused-ring (bicyclic) bond motifs is 1. The molecule has 1 aliphatic rings. The van der Waals surface area contributed by atoms with Crippen LogP contribution in [0.3, 0.4) is 0 Å². The van der Waals surface area contributed by atoms with Crippen molar-refractivity contribution < 1.29 is 9.85 Å². The Bertz CT molecular complexity index is 1090. The van der Waals surface area contributed by atoms with Gasteiger partial charge in [0.15, 0.2) is 0 Å². The van der Waals surface area contributed by atoms with Gasteiger partial charge in [0, 0.05) is 24.3 Å². The van der Waals surface area contributed by atoms with E-state index in [9.17, 15) is 20.2 Å². The molecule has 6 nitrogen and oxygen atoms in total. The first-order chi connectivity index (χ1) is 13.5. The van der Waals surface area contributed by atoms with E-state index in [0.717, 1.165) is 47.9 Å². The number of benzene rings is 3. The van der Waals surface area contributed by atoms with E-state index >= 15 is 0 Å².